The van der Waals surface area contributed by atoms with Gasteiger partial charge in [0.1, 0.15) is 0 Å². The highest BCUT2D eigenvalue weighted by atomic mass is 16.6. The summed E-state index contributed by atoms with van der Waals surface area (Å²) >= 11 is 0. The minimum Gasteiger partial charge on any atom is -0.369 e. The van der Waals surface area contributed by atoms with Gasteiger partial charge in [0.25, 0.3) is 0 Å². The van der Waals surface area contributed by atoms with Gasteiger partial charge >= 0.3 is 0 Å². The quantitative estimate of drug-likeness (QED) is 0.583. The van der Waals surface area contributed by atoms with E-state index in [1.165, 1.54) is 38.5 Å². The molecule has 1 heteroatoms. The summed E-state index contributed by atoms with van der Waals surface area (Å²) in [7, 11) is 0. The van der Waals surface area contributed by atoms with Gasteiger partial charge in [0.2, 0.25) is 0 Å². The zero-order chi connectivity index (χ0) is 9.76. The fourth-order valence-electron chi connectivity index (χ4n) is 4.32. The molecule has 0 amide bonds. The predicted octanol–water partition coefficient (Wildman–Crippen LogP) is 3.38. The molecule has 0 aromatic carbocycles. The molecule has 1 nitrogen and oxygen atoms in total. The molecule has 1 aliphatic heterocycles. The van der Waals surface area contributed by atoms with Crippen molar-refractivity contribution >= 4 is 0 Å². The number of fused-ring (bicyclic) bond motifs is 2. The first-order chi connectivity index (χ1) is 6.67. The van der Waals surface area contributed by atoms with Crippen molar-refractivity contribution in [3.8, 4) is 0 Å². The van der Waals surface area contributed by atoms with E-state index >= 15 is 0 Å². The molecule has 4 atom stereocenters. The summed E-state index contributed by atoms with van der Waals surface area (Å²) in [5.41, 5.74) is 0.535. The van der Waals surface area contributed by atoms with Crippen LogP contribution in [0.25, 0.3) is 0 Å². The molecule has 2 bridgehead atoms. The molecule has 2 aliphatic carbocycles. The maximum atomic E-state index is 5.72. The second-order valence-corrected chi connectivity index (χ2v) is 6.22. The number of hydrogen-bond acceptors (Lipinski definition) is 1. The lowest BCUT2D eigenvalue weighted by Gasteiger charge is -2.45. The normalized spacial score (nSPS) is 57.0. The molecule has 80 valence electrons. The first-order valence-electron chi connectivity index (χ1n) is 6.33. The third-order valence-corrected chi connectivity index (χ3v) is 4.80. The lowest BCUT2D eigenvalue weighted by molar-refractivity contribution is 0.0454. The zero-order valence-electron chi connectivity index (χ0n) is 9.46. The Morgan fingerprint density at radius 3 is 2.21 bits per heavy atom. The van der Waals surface area contributed by atoms with Gasteiger partial charge in [0, 0.05) is 0 Å². The summed E-state index contributed by atoms with van der Waals surface area (Å²) in [6, 6.07) is 0. The second-order valence-electron chi connectivity index (χ2n) is 6.22. The number of hydrogen-bond donors (Lipinski definition) is 0. The SMILES string of the molecule is CC1OC1C1(C)CC2CCCC(C2)C1. The van der Waals surface area contributed by atoms with E-state index in [1.807, 2.05) is 0 Å². The molecule has 14 heavy (non-hydrogen) atoms. The van der Waals surface area contributed by atoms with Gasteiger partial charge in [-0.05, 0) is 43.4 Å². The van der Waals surface area contributed by atoms with Gasteiger partial charge < -0.3 is 4.74 Å². The van der Waals surface area contributed by atoms with Crippen LogP contribution >= 0.6 is 0 Å². The van der Waals surface area contributed by atoms with E-state index < -0.39 is 0 Å². The zero-order valence-corrected chi connectivity index (χ0v) is 9.46. The Morgan fingerprint density at radius 1 is 1.14 bits per heavy atom. The molecular weight excluding hydrogens is 172 g/mol. The van der Waals surface area contributed by atoms with E-state index in [4.69, 9.17) is 4.74 Å². The average molecular weight is 194 g/mol. The van der Waals surface area contributed by atoms with Crippen LogP contribution in [0.15, 0.2) is 0 Å². The Morgan fingerprint density at radius 2 is 1.71 bits per heavy atom. The largest absolute Gasteiger partial charge is 0.369 e. The summed E-state index contributed by atoms with van der Waals surface area (Å²) in [6.07, 6.45) is 10.0. The first-order valence-corrected chi connectivity index (χ1v) is 6.33. The van der Waals surface area contributed by atoms with E-state index in [-0.39, 0.29) is 0 Å². The Bertz CT molecular complexity index is 223. The molecule has 3 fully saturated rings. The van der Waals surface area contributed by atoms with Crippen LogP contribution in [0, 0.1) is 17.3 Å². The minimum atomic E-state index is 0.535. The van der Waals surface area contributed by atoms with Crippen molar-refractivity contribution in [2.24, 2.45) is 17.3 Å². The molecule has 2 saturated carbocycles. The summed E-state index contributed by atoms with van der Waals surface area (Å²) in [5.74, 6) is 2.06. The van der Waals surface area contributed by atoms with Crippen LogP contribution in [0.1, 0.15) is 52.4 Å². The summed E-state index contributed by atoms with van der Waals surface area (Å²) in [4.78, 5) is 0. The van der Waals surface area contributed by atoms with E-state index in [2.05, 4.69) is 13.8 Å². The molecule has 1 saturated heterocycles. The third-order valence-electron chi connectivity index (χ3n) is 4.80. The summed E-state index contributed by atoms with van der Waals surface area (Å²) in [5, 5.41) is 0. The van der Waals surface area contributed by atoms with E-state index in [9.17, 15) is 0 Å². The number of epoxide rings is 1. The van der Waals surface area contributed by atoms with Crippen LogP contribution < -0.4 is 0 Å². The lowest BCUT2D eigenvalue weighted by atomic mass is 9.60. The molecule has 3 rings (SSSR count). The van der Waals surface area contributed by atoms with Crippen molar-refractivity contribution in [2.45, 2.75) is 64.6 Å². The second kappa shape index (κ2) is 2.98. The van der Waals surface area contributed by atoms with Gasteiger partial charge in [-0.3, -0.25) is 0 Å². The number of rotatable bonds is 1. The lowest BCUT2D eigenvalue weighted by Crippen LogP contribution is -2.37. The Hall–Kier alpha value is -0.0400. The predicted molar refractivity (Wildman–Crippen MR) is 57.1 cm³/mol. The topological polar surface area (TPSA) is 12.5 Å². The number of ether oxygens (including phenoxy) is 1. The fourth-order valence-corrected chi connectivity index (χ4v) is 4.32. The molecule has 0 spiro atoms. The first kappa shape index (κ1) is 9.21. The molecule has 0 aromatic heterocycles. The van der Waals surface area contributed by atoms with Crippen molar-refractivity contribution in [1.29, 1.82) is 0 Å². The molecule has 3 aliphatic rings. The Kier molecular flexibility index (Phi) is 1.96. The van der Waals surface area contributed by atoms with Crippen molar-refractivity contribution in [1.82, 2.24) is 0 Å². The van der Waals surface area contributed by atoms with Crippen molar-refractivity contribution in [3.05, 3.63) is 0 Å². The molecule has 4 unspecified atom stereocenters. The standard InChI is InChI=1S/C13H22O/c1-9-12(14-9)13(2)7-10-4-3-5-11(6-10)8-13/h9-12H,3-8H2,1-2H3. The molecule has 0 N–H and O–H groups in total. The Balaban J connectivity index is 1.75. The van der Waals surface area contributed by atoms with Gasteiger partial charge in [0.15, 0.2) is 0 Å². The van der Waals surface area contributed by atoms with Crippen molar-refractivity contribution < 1.29 is 4.74 Å². The highest BCUT2D eigenvalue weighted by molar-refractivity contribution is 5.01. The molecular formula is C13H22O. The van der Waals surface area contributed by atoms with Crippen LogP contribution in [0.2, 0.25) is 0 Å². The monoisotopic (exact) mass is 194 g/mol. The minimum absolute atomic E-state index is 0.535. The third kappa shape index (κ3) is 1.41. The van der Waals surface area contributed by atoms with Gasteiger partial charge in [0.05, 0.1) is 12.2 Å². The molecule has 0 radical (unpaired) electrons. The van der Waals surface area contributed by atoms with Crippen molar-refractivity contribution in [2.75, 3.05) is 0 Å². The summed E-state index contributed by atoms with van der Waals surface area (Å²) < 4.78 is 5.72. The average Bonchev–Trinajstić information content (AvgIpc) is 2.82. The molecule has 0 aromatic rings. The van der Waals surface area contributed by atoms with Crippen LogP contribution in [0.4, 0.5) is 0 Å². The van der Waals surface area contributed by atoms with Crippen LogP contribution in [0.5, 0.6) is 0 Å². The fraction of sp³-hybridized carbons (Fsp3) is 1.00. The van der Waals surface area contributed by atoms with Gasteiger partial charge in [-0.1, -0.05) is 26.2 Å². The van der Waals surface area contributed by atoms with Crippen LogP contribution in [-0.4, -0.2) is 12.2 Å². The van der Waals surface area contributed by atoms with Crippen LogP contribution in [-0.2, 0) is 4.74 Å². The highest BCUT2D eigenvalue weighted by Crippen LogP contribution is 2.54. The maximum Gasteiger partial charge on any atom is 0.0892 e. The van der Waals surface area contributed by atoms with E-state index in [0.29, 0.717) is 17.6 Å². The van der Waals surface area contributed by atoms with Crippen molar-refractivity contribution in [3.63, 3.8) is 0 Å². The Labute approximate surface area is 87.2 Å². The molecule has 1 heterocycles. The van der Waals surface area contributed by atoms with Gasteiger partial charge in [-0.15, -0.1) is 0 Å². The van der Waals surface area contributed by atoms with Gasteiger partial charge in [-0.25, -0.2) is 0 Å². The van der Waals surface area contributed by atoms with Crippen LogP contribution in [0.3, 0.4) is 0 Å². The highest BCUT2D eigenvalue weighted by Gasteiger charge is 2.53. The smallest absolute Gasteiger partial charge is 0.0892 e. The summed E-state index contributed by atoms with van der Waals surface area (Å²) in [6.45, 7) is 4.71. The van der Waals surface area contributed by atoms with E-state index in [1.54, 1.807) is 0 Å². The van der Waals surface area contributed by atoms with Gasteiger partial charge in [-0.2, -0.15) is 0 Å². The van der Waals surface area contributed by atoms with E-state index in [0.717, 1.165) is 11.8 Å². The maximum absolute atomic E-state index is 5.72.